The number of nitrogens with two attached hydrogens (primary N) is 1. The van der Waals surface area contributed by atoms with Crippen LogP contribution in [0.3, 0.4) is 0 Å². The molecule has 4 heterocycles. The number of morpholine rings is 1. The van der Waals surface area contributed by atoms with Crippen LogP contribution in [0.25, 0.3) is 22.3 Å². The van der Waals surface area contributed by atoms with Gasteiger partial charge in [-0.05, 0) is 19.1 Å². The number of nitrogen functional groups attached to an aromatic ring is 1. The van der Waals surface area contributed by atoms with Gasteiger partial charge in [0.05, 0.1) is 24.9 Å². The van der Waals surface area contributed by atoms with Gasteiger partial charge in [-0.25, -0.2) is 4.98 Å². The van der Waals surface area contributed by atoms with Crippen LogP contribution >= 0.6 is 0 Å². The SMILES string of the molecule is C[C@@H]1COCCN1c1cc(N)c2ccnc(-c3ccn[nH]3)c2n1. The van der Waals surface area contributed by atoms with Gasteiger partial charge in [-0.2, -0.15) is 5.10 Å². The molecular weight excluding hydrogens is 292 g/mol. The monoisotopic (exact) mass is 310 g/mol. The molecule has 118 valence electrons. The lowest BCUT2D eigenvalue weighted by molar-refractivity contribution is 0.0986. The van der Waals surface area contributed by atoms with E-state index in [1.165, 1.54) is 0 Å². The number of anilines is 2. The Balaban J connectivity index is 1.90. The zero-order valence-electron chi connectivity index (χ0n) is 12.9. The number of rotatable bonds is 2. The number of nitrogens with one attached hydrogen (secondary N) is 1. The molecule has 7 heteroatoms. The average Bonchev–Trinajstić information content (AvgIpc) is 3.09. The van der Waals surface area contributed by atoms with Gasteiger partial charge in [-0.3, -0.25) is 10.1 Å². The van der Waals surface area contributed by atoms with Gasteiger partial charge >= 0.3 is 0 Å². The van der Waals surface area contributed by atoms with Crippen LogP contribution in [0.15, 0.2) is 30.6 Å². The van der Waals surface area contributed by atoms with Crippen LogP contribution in [-0.4, -0.2) is 46.0 Å². The van der Waals surface area contributed by atoms with E-state index in [1.54, 1.807) is 12.4 Å². The van der Waals surface area contributed by atoms with E-state index in [0.29, 0.717) is 18.9 Å². The summed E-state index contributed by atoms with van der Waals surface area (Å²) < 4.78 is 5.51. The highest BCUT2D eigenvalue weighted by Gasteiger charge is 2.22. The molecule has 1 saturated heterocycles. The number of nitrogens with zero attached hydrogens (tertiary/aromatic N) is 4. The Kier molecular flexibility index (Phi) is 3.34. The van der Waals surface area contributed by atoms with Crippen LogP contribution in [0.5, 0.6) is 0 Å². The molecule has 3 aromatic heterocycles. The highest BCUT2D eigenvalue weighted by molar-refractivity contribution is 5.98. The summed E-state index contributed by atoms with van der Waals surface area (Å²) in [5.41, 5.74) is 9.35. The maximum absolute atomic E-state index is 6.28. The van der Waals surface area contributed by atoms with E-state index in [9.17, 15) is 0 Å². The first-order chi connectivity index (χ1) is 11.2. The molecule has 0 bridgehead atoms. The fourth-order valence-corrected chi connectivity index (χ4v) is 2.96. The Hall–Kier alpha value is -2.67. The highest BCUT2D eigenvalue weighted by atomic mass is 16.5. The van der Waals surface area contributed by atoms with Crippen molar-refractivity contribution in [3.05, 3.63) is 30.6 Å². The van der Waals surface area contributed by atoms with Crippen molar-refractivity contribution in [3.63, 3.8) is 0 Å². The van der Waals surface area contributed by atoms with Gasteiger partial charge < -0.3 is 15.4 Å². The second kappa shape index (κ2) is 5.51. The molecule has 0 unspecified atom stereocenters. The van der Waals surface area contributed by atoms with Gasteiger partial charge in [-0.15, -0.1) is 0 Å². The number of ether oxygens (including phenoxy) is 1. The van der Waals surface area contributed by atoms with Gasteiger partial charge in [0.15, 0.2) is 0 Å². The molecule has 4 rings (SSSR count). The van der Waals surface area contributed by atoms with Crippen molar-refractivity contribution in [1.82, 2.24) is 20.2 Å². The Morgan fingerprint density at radius 3 is 3.04 bits per heavy atom. The van der Waals surface area contributed by atoms with Crippen LogP contribution in [0.2, 0.25) is 0 Å². The quantitative estimate of drug-likeness (QED) is 0.750. The van der Waals surface area contributed by atoms with Gasteiger partial charge in [-0.1, -0.05) is 0 Å². The van der Waals surface area contributed by atoms with E-state index in [4.69, 9.17) is 15.5 Å². The smallest absolute Gasteiger partial charge is 0.131 e. The highest BCUT2D eigenvalue weighted by Crippen LogP contribution is 2.31. The van der Waals surface area contributed by atoms with E-state index >= 15 is 0 Å². The summed E-state index contributed by atoms with van der Waals surface area (Å²) in [7, 11) is 0. The molecule has 0 radical (unpaired) electrons. The fraction of sp³-hybridized carbons (Fsp3) is 0.312. The molecule has 0 amide bonds. The van der Waals surface area contributed by atoms with Crippen LogP contribution < -0.4 is 10.6 Å². The first-order valence-corrected chi connectivity index (χ1v) is 7.63. The molecule has 7 nitrogen and oxygen atoms in total. The number of pyridine rings is 2. The average molecular weight is 310 g/mol. The molecule has 23 heavy (non-hydrogen) atoms. The Bertz CT molecular complexity index is 832. The molecular formula is C16H18N6O. The van der Waals surface area contributed by atoms with E-state index in [2.05, 4.69) is 27.0 Å². The van der Waals surface area contributed by atoms with Crippen molar-refractivity contribution in [1.29, 1.82) is 0 Å². The molecule has 0 spiro atoms. The molecule has 0 aromatic carbocycles. The van der Waals surface area contributed by atoms with Gasteiger partial charge in [0, 0.05) is 36.1 Å². The Morgan fingerprint density at radius 1 is 1.35 bits per heavy atom. The van der Waals surface area contributed by atoms with Gasteiger partial charge in [0.25, 0.3) is 0 Å². The lowest BCUT2D eigenvalue weighted by atomic mass is 10.1. The second-order valence-electron chi connectivity index (χ2n) is 5.71. The first-order valence-electron chi connectivity index (χ1n) is 7.63. The zero-order chi connectivity index (χ0) is 15.8. The fourth-order valence-electron chi connectivity index (χ4n) is 2.96. The summed E-state index contributed by atoms with van der Waals surface area (Å²) in [5, 5.41) is 7.84. The van der Waals surface area contributed by atoms with Crippen molar-refractivity contribution >= 4 is 22.4 Å². The van der Waals surface area contributed by atoms with E-state index in [1.807, 2.05) is 18.2 Å². The second-order valence-corrected chi connectivity index (χ2v) is 5.71. The van der Waals surface area contributed by atoms with Crippen LogP contribution in [-0.2, 0) is 4.74 Å². The summed E-state index contributed by atoms with van der Waals surface area (Å²) >= 11 is 0. The van der Waals surface area contributed by atoms with Crippen LogP contribution in [0.4, 0.5) is 11.5 Å². The number of H-pyrrole nitrogens is 1. The molecule has 1 atom stereocenters. The third-order valence-electron chi connectivity index (χ3n) is 4.16. The molecule has 3 N–H and O–H groups in total. The Morgan fingerprint density at radius 2 is 2.26 bits per heavy atom. The summed E-state index contributed by atoms with van der Waals surface area (Å²) in [6, 6.07) is 5.97. The number of aromatic nitrogens is 4. The Labute approximate surface area is 133 Å². The minimum absolute atomic E-state index is 0.264. The van der Waals surface area contributed by atoms with E-state index in [0.717, 1.165) is 34.7 Å². The minimum atomic E-state index is 0.264. The topological polar surface area (TPSA) is 93.0 Å². The third kappa shape index (κ3) is 2.39. The predicted molar refractivity (Wildman–Crippen MR) is 89.2 cm³/mol. The van der Waals surface area contributed by atoms with Crippen molar-refractivity contribution in [2.24, 2.45) is 0 Å². The third-order valence-corrected chi connectivity index (χ3v) is 4.16. The van der Waals surface area contributed by atoms with Crippen molar-refractivity contribution < 1.29 is 4.74 Å². The van der Waals surface area contributed by atoms with Gasteiger partial charge in [0.2, 0.25) is 0 Å². The summed E-state index contributed by atoms with van der Waals surface area (Å²) in [4.78, 5) is 11.5. The van der Waals surface area contributed by atoms with Crippen LogP contribution in [0.1, 0.15) is 6.92 Å². The normalized spacial score (nSPS) is 18.5. The maximum Gasteiger partial charge on any atom is 0.131 e. The largest absolute Gasteiger partial charge is 0.398 e. The number of hydrogen-bond acceptors (Lipinski definition) is 6. The number of aromatic amines is 1. The number of fused-ring (bicyclic) bond motifs is 1. The minimum Gasteiger partial charge on any atom is -0.398 e. The van der Waals surface area contributed by atoms with Gasteiger partial charge in [0.1, 0.15) is 17.0 Å². The molecule has 1 fully saturated rings. The summed E-state index contributed by atoms with van der Waals surface area (Å²) in [5.74, 6) is 0.861. The van der Waals surface area contributed by atoms with Crippen molar-refractivity contribution in [3.8, 4) is 11.4 Å². The molecule has 1 aliphatic rings. The standard InChI is InChI=1S/C16H18N6O/c1-10-9-23-7-6-22(10)14-8-12(17)11-2-4-18-16(15(11)20-14)13-3-5-19-21-13/h2-5,8,10H,6-7,9H2,1H3,(H2,17,20)(H,19,21)/t10-/m1/s1. The molecule has 3 aromatic rings. The summed E-state index contributed by atoms with van der Waals surface area (Å²) in [6.45, 7) is 4.32. The molecule has 0 saturated carbocycles. The summed E-state index contributed by atoms with van der Waals surface area (Å²) in [6.07, 6.45) is 3.45. The van der Waals surface area contributed by atoms with E-state index < -0.39 is 0 Å². The number of hydrogen-bond donors (Lipinski definition) is 2. The first kappa shape index (κ1) is 14.0. The molecule has 0 aliphatic carbocycles. The predicted octanol–water partition coefficient (Wildman–Crippen LogP) is 1.83. The van der Waals surface area contributed by atoms with Crippen molar-refractivity contribution in [2.45, 2.75) is 13.0 Å². The lowest BCUT2D eigenvalue weighted by Gasteiger charge is -2.34. The zero-order valence-corrected chi connectivity index (χ0v) is 12.9. The van der Waals surface area contributed by atoms with Crippen molar-refractivity contribution in [2.75, 3.05) is 30.4 Å². The molecule has 1 aliphatic heterocycles. The lowest BCUT2D eigenvalue weighted by Crippen LogP contribution is -2.44. The maximum atomic E-state index is 6.28. The van der Waals surface area contributed by atoms with Crippen LogP contribution in [0, 0.1) is 0 Å². The van der Waals surface area contributed by atoms with E-state index in [-0.39, 0.29) is 6.04 Å².